The van der Waals surface area contributed by atoms with Gasteiger partial charge in [0, 0.05) is 0 Å². The van der Waals surface area contributed by atoms with E-state index in [9.17, 15) is 0 Å². The minimum Gasteiger partial charge on any atom is -0.496 e. The van der Waals surface area contributed by atoms with Crippen LogP contribution in [-0.4, -0.2) is 7.11 Å². The van der Waals surface area contributed by atoms with Crippen LogP contribution in [0, 0.1) is 11.3 Å². The molecule has 0 saturated carbocycles. The number of fused-ring (bicyclic) bond motifs is 1. The fourth-order valence-corrected chi connectivity index (χ4v) is 3.08. The van der Waals surface area contributed by atoms with Crippen molar-refractivity contribution in [2.24, 2.45) is 11.3 Å². The molecule has 0 radical (unpaired) electrons. The van der Waals surface area contributed by atoms with Gasteiger partial charge >= 0.3 is 0 Å². The van der Waals surface area contributed by atoms with Gasteiger partial charge in [-0.05, 0) is 40.4 Å². The summed E-state index contributed by atoms with van der Waals surface area (Å²) in [7, 11) is 1.77. The maximum absolute atomic E-state index is 5.52. The Bertz CT molecular complexity index is 429. The monoisotopic (exact) mass is 232 g/mol. The first kappa shape index (κ1) is 12.5. The second kappa shape index (κ2) is 3.76. The molecule has 0 aromatic heterocycles. The quantitative estimate of drug-likeness (QED) is 0.705. The number of benzene rings is 1. The van der Waals surface area contributed by atoms with Crippen LogP contribution >= 0.6 is 0 Å². The second-order valence-corrected chi connectivity index (χ2v) is 6.44. The van der Waals surface area contributed by atoms with Crippen molar-refractivity contribution in [3.63, 3.8) is 0 Å². The molecule has 0 saturated heterocycles. The predicted octanol–water partition coefficient (Wildman–Crippen LogP) is 4.19. The summed E-state index contributed by atoms with van der Waals surface area (Å²) in [4.78, 5) is 0. The molecule has 1 unspecified atom stereocenters. The molecular formula is C16H24O. The first-order valence-electron chi connectivity index (χ1n) is 6.48. The van der Waals surface area contributed by atoms with Gasteiger partial charge < -0.3 is 4.74 Å². The largest absolute Gasteiger partial charge is 0.496 e. The number of hydrogen-bond donors (Lipinski definition) is 0. The number of methoxy groups -OCH3 is 1. The van der Waals surface area contributed by atoms with Crippen LogP contribution in [0.15, 0.2) is 18.2 Å². The zero-order valence-corrected chi connectivity index (χ0v) is 11.9. The standard InChI is InChI=1S/C16H24O/c1-11-10-12-13(8-7-9-14(12)17-6)16(4,5)15(11,2)3/h7-9,11H,10H2,1-6H3. The lowest BCUT2D eigenvalue weighted by Gasteiger charge is -2.51. The van der Waals surface area contributed by atoms with Gasteiger partial charge in [0.15, 0.2) is 0 Å². The molecule has 1 atom stereocenters. The lowest BCUT2D eigenvalue weighted by atomic mass is 9.53. The second-order valence-electron chi connectivity index (χ2n) is 6.44. The normalized spacial score (nSPS) is 25.2. The highest BCUT2D eigenvalue weighted by Crippen LogP contribution is 2.53. The van der Waals surface area contributed by atoms with E-state index in [4.69, 9.17) is 4.74 Å². The Morgan fingerprint density at radius 2 is 1.82 bits per heavy atom. The molecule has 17 heavy (non-hydrogen) atoms. The van der Waals surface area contributed by atoms with Gasteiger partial charge in [-0.2, -0.15) is 0 Å². The van der Waals surface area contributed by atoms with Crippen LogP contribution in [0.1, 0.15) is 45.7 Å². The average Bonchev–Trinajstić information content (AvgIpc) is 2.27. The fourth-order valence-electron chi connectivity index (χ4n) is 3.08. The minimum atomic E-state index is 0.189. The SMILES string of the molecule is COc1cccc2c1CC(C)C(C)(C)C2(C)C. The zero-order chi connectivity index (χ0) is 12.8. The number of hydrogen-bond acceptors (Lipinski definition) is 1. The highest BCUT2D eigenvalue weighted by atomic mass is 16.5. The Morgan fingerprint density at radius 3 is 2.41 bits per heavy atom. The zero-order valence-electron chi connectivity index (χ0n) is 11.9. The van der Waals surface area contributed by atoms with Crippen molar-refractivity contribution >= 4 is 0 Å². The van der Waals surface area contributed by atoms with Crippen molar-refractivity contribution in [1.82, 2.24) is 0 Å². The molecule has 1 aliphatic rings. The molecule has 0 N–H and O–H groups in total. The molecule has 1 aromatic carbocycles. The summed E-state index contributed by atoms with van der Waals surface area (Å²) >= 11 is 0. The van der Waals surface area contributed by atoms with Gasteiger partial charge in [-0.1, -0.05) is 46.8 Å². The van der Waals surface area contributed by atoms with E-state index in [0.717, 1.165) is 12.2 Å². The van der Waals surface area contributed by atoms with Gasteiger partial charge in [-0.3, -0.25) is 0 Å². The van der Waals surface area contributed by atoms with E-state index >= 15 is 0 Å². The van der Waals surface area contributed by atoms with Crippen molar-refractivity contribution in [2.45, 2.75) is 46.5 Å². The van der Waals surface area contributed by atoms with Crippen molar-refractivity contribution < 1.29 is 4.74 Å². The van der Waals surface area contributed by atoms with E-state index in [1.807, 2.05) is 0 Å². The molecule has 1 aliphatic carbocycles. The van der Waals surface area contributed by atoms with Crippen LogP contribution in [0.3, 0.4) is 0 Å². The van der Waals surface area contributed by atoms with E-state index in [1.54, 1.807) is 7.11 Å². The minimum absolute atomic E-state index is 0.189. The lowest BCUT2D eigenvalue weighted by molar-refractivity contribution is 0.0962. The van der Waals surface area contributed by atoms with Crippen molar-refractivity contribution in [1.29, 1.82) is 0 Å². The van der Waals surface area contributed by atoms with E-state index < -0.39 is 0 Å². The lowest BCUT2D eigenvalue weighted by Crippen LogP contribution is -2.46. The topological polar surface area (TPSA) is 9.23 Å². The van der Waals surface area contributed by atoms with E-state index in [1.165, 1.54) is 11.1 Å². The van der Waals surface area contributed by atoms with Gasteiger partial charge in [0.2, 0.25) is 0 Å². The maximum atomic E-state index is 5.52. The van der Waals surface area contributed by atoms with Gasteiger partial charge in [0.25, 0.3) is 0 Å². The first-order valence-corrected chi connectivity index (χ1v) is 6.48. The third-order valence-electron chi connectivity index (χ3n) is 5.38. The molecule has 2 rings (SSSR count). The van der Waals surface area contributed by atoms with E-state index in [0.29, 0.717) is 11.3 Å². The highest BCUT2D eigenvalue weighted by Gasteiger charge is 2.47. The highest BCUT2D eigenvalue weighted by molar-refractivity contribution is 5.47. The summed E-state index contributed by atoms with van der Waals surface area (Å²) in [6.45, 7) is 11.9. The fraction of sp³-hybridized carbons (Fsp3) is 0.625. The van der Waals surface area contributed by atoms with Gasteiger partial charge in [0.1, 0.15) is 5.75 Å². The summed E-state index contributed by atoms with van der Waals surface area (Å²) in [5.41, 5.74) is 3.37. The number of ether oxygens (including phenoxy) is 1. The summed E-state index contributed by atoms with van der Waals surface area (Å²) in [6, 6.07) is 6.47. The maximum Gasteiger partial charge on any atom is 0.122 e. The molecule has 0 amide bonds. The van der Waals surface area contributed by atoms with E-state index in [-0.39, 0.29) is 5.41 Å². The Balaban J connectivity index is 2.65. The van der Waals surface area contributed by atoms with E-state index in [2.05, 4.69) is 52.8 Å². The molecule has 94 valence electrons. The summed E-state index contributed by atoms with van der Waals surface area (Å²) in [5, 5.41) is 0. The number of rotatable bonds is 1. The molecule has 0 fully saturated rings. The molecular weight excluding hydrogens is 208 g/mol. The summed E-state index contributed by atoms with van der Waals surface area (Å²) in [5.74, 6) is 1.72. The molecule has 1 aromatic rings. The Morgan fingerprint density at radius 1 is 1.18 bits per heavy atom. The molecule has 1 nitrogen and oxygen atoms in total. The van der Waals surface area contributed by atoms with Crippen molar-refractivity contribution in [3.05, 3.63) is 29.3 Å². The van der Waals surface area contributed by atoms with Crippen LogP contribution in [-0.2, 0) is 11.8 Å². The van der Waals surface area contributed by atoms with Crippen LogP contribution in [0.5, 0.6) is 5.75 Å². The van der Waals surface area contributed by atoms with Gasteiger partial charge in [0.05, 0.1) is 7.11 Å². The first-order chi connectivity index (χ1) is 7.82. The summed E-state index contributed by atoms with van der Waals surface area (Å²) in [6.07, 6.45) is 1.12. The molecule has 0 spiro atoms. The Labute approximate surface area is 105 Å². The average molecular weight is 232 g/mol. The molecule has 0 aliphatic heterocycles. The van der Waals surface area contributed by atoms with Gasteiger partial charge in [-0.15, -0.1) is 0 Å². The van der Waals surface area contributed by atoms with Gasteiger partial charge in [-0.25, -0.2) is 0 Å². The molecule has 0 bridgehead atoms. The molecule has 1 heteroatoms. The summed E-state index contributed by atoms with van der Waals surface area (Å²) < 4.78 is 5.52. The Kier molecular flexibility index (Phi) is 2.76. The Hall–Kier alpha value is -0.980. The predicted molar refractivity (Wildman–Crippen MR) is 72.7 cm³/mol. The third-order valence-corrected chi connectivity index (χ3v) is 5.38. The van der Waals surface area contributed by atoms with Crippen LogP contribution in [0.25, 0.3) is 0 Å². The third kappa shape index (κ3) is 1.59. The van der Waals surface area contributed by atoms with Crippen molar-refractivity contribution in [3.8, 4) is 5.75 Å². The van der Waals surface area contributed by atoms with Crippen LogP contribution in [0.4, 0.5) is 0 Å². The smallest absolute Gasteiger partial charge is 0.122 e. The van der Waals surface area contributed by atoms with Crippen LogP contribution < -0.4 is 4.74 Å². The van der Waals surface area contributed by atoms with Crippen molar-refractivity contribution in [2.75, 3.05) is 7.11 Å². The molecule has 0 heterocycles. The van der Waals surface area contributed by atoms with Crippen LogP contribution in [0.2, 0.25) is 0 Å².